The lowest BCUT2D eigenvalue weighted by atomic mass is 9.87. The Kier molecular flexibility index (Phi) is 4.73. The zero-order valence-corrected chi connectivity index (χ0v) is 12.4. The van der Waals surface area contributed by atoms with Crippen LogP contribution in [-0.2, 0) is 11.2 Å². The van der Waals surface area contributed by atoms with E-state index in [1.54, 1.807) is 12.1 Å². The van der Waals surface area contributed by atoms with Gasteiger partial charge < -0.3 is 0 Å². The van der Waals surface area contributed by atoms with Crippen LogP contribution in [0.2, 0.25) is 5.02 Å². The lowest BCUT2D eigenvalue weighted by Gasteiger charge is -2.21. The second kappa shape index (κ2) is 5.49. The third kappa shape index (κ3) is 3.78. The monoisotopic (exact) mass is 320 g/mol. The standard InChI is InChI=1S/C13H15BrClFO/c1-13(2,3)12(17)9(14)7-8-10(15)5-4-6-11(8)16/h4-6,9H,7H2,1-3H3. The fourth-order valence-electron chi connectivity index (χ4n) is 1.47. The highest BCUT2D eigenvalue weighted by Gasteiger charge is 2.28. The van der Waals surface area contributed by atoms with Gasteiger partial charge in [0.15, 0.2) is 5.78 Å². The number of Topliss-reactive ketones (excluding diaryl/α,β-unsaturated/α-hetero) is 1. The van der Waals surface area contributed by atoms with Gasteiger partial charge in [-0.2, -0.15) is 0 Å². The molecule has 0 aliphatic carbocycles. The number of carbonyl (C=O) groups is 1. The van der Waals surface area contributed by atoms with Crippen molar-refractivity contribution in [2.75, 3.05) is 0 Å². The van der Waals surface area contributed by atoms with E-state index in [0.29, 0.717) is 10.6 Å². The summed E-state index contributed by atoms with van der Waals surface area (Å²) in [4.78, 5) is 11.6. The van der Waals surface area contributed by atoms with Crippen molar-refractivity contribution in [3.05, 3.63) is 34.6 Å². The molecule has 0 spiro atoms. The maximum Gasteiger partial charge on any atom is 0.152 e. The molecule has 0 aliphatic heterocycles. The highest BCUT2D eigenvalue weighted by molar-refractivity contribution is 9.10. The van der Waals surface area contributed by atoms with Crippen LogP contribution < -0.4 is 0 Å². The molecule has 94 valence electrons. The van der Waals surface area contributed by atoms with Crippen LogP contribution in [0.15, 0.2) is 18.2 Å². The van der Waals surface area contributed by atoms with Gasteiger partial charge in [0, 0.05) is 16.0 Å². The Morgan fingerprint density at radius 3 is 2.53 bits per heavy atom. The first kappa shape index (κ1) is 14.7. The van der Waals surface area contributed by atoms with Crippen LogP contribution in [0.1, 0.15) is 26.3 Å². The number of hydrogen-bond donors (Lipinski definition) is 0. The van der Waals surface area contributed by atoms with E-state index in [4.69, 9.17) is 11.6 Å². The zero-order valence-electron chi connectivity index (χ0n) is 10.1. The maximum absolute atomic E-state index is 13.6. The Labute approximate surface area is 114 Å². The second-order valence-corrected chi connectivity index (χ2v) is 6.50. The first-order valence-corrected chi connectivity index (χ1v) is 6.64. The summed E-state index contributed by atoms with van der Waals surface area (Å²) in [5, 5.41) is 0.358. The van der Waals surface area contributed by atoms with E-state index in [1.165, 1.54) is 6.07 Å². The average molecular weight is 322 g/mol. The average Bonchev–Trinajstić information content (AvgIpc) is 2.21. The molecular formula is C13H15BrClFO. The molecule has 1 nitrogen and oxygen atoms in total. The van der Waals surface area contributed by atoms with Gasteiger partial charge in [0.25, 0.3) is 0 Å². The summed E-state index contributed by atoms with van der Waals surface area (Å²) in [5.74, 6) is -0.333. The van der Waals surface area contributed by atoms with Gasteiger partial charge in [-0.15, -0.1) is 0 Å². The van der Waals surface area contributed by atoms with E-state index in [2.05, 4.69) is 15.9 Å². The van der Waals surface area contributed by atoms with Gasteiger partial charge in [-0.3, -0.25) is 4.79 Å². The van der Waals surface area contributed by atoms with Crippen molar-refractivity contribution < 1.29 is 9.18 Å². The van der Waals surface area contributed by atoms with Crippen LogP contribution in [0.3, 0.4) is 0 Å². The molecule has 1 atom stereocenters. The zero-order chi connectivity index (χ0) is 13.2. The van der Waals surface area contributed by atoms with Gasteiger partial charge in [0.1, 0.15) is 5.82 Å². The van der Waals surface area contributed by atoms with Gasteiger partial charge in [0.2, 0.25) is 0 Å². The lowest BCUT2D eigenvalue weighted by molar-refractivity contribution is -0.125. The van der Waals surface area contributed by atoms with E-state index in [9.17, 15) is 9.18 Å². The largest absolute Gasteiger partial charge is 0.298 e. The van der Waals surface area contributed by atoms with Crippen molar-refractivity contribution in [2.45, 2.75) is 32.0 Å². The molecule has 0 heterocycles. The summed E-state index contributed by atoms with van der Waals surface area (Å²) in [6.07, 6.45) is 0.265. The molecule has 4 heteroatoms. The van der Waals surface area contributed by atoms with Crippen molar-refractivity contribution in [1.29, 1.82) is 0 Å². The van der Waals surface area contributed by atoms with Crippen molar-refractivity contribution in [3.8, 4) is 0 Å². The van der Waals surface area contributed by atoms with Crippen LogP contribution in [-0.4, -0.2) is 10.6 Å². The first-order chi connectivity index (χ1) is 7.73. The van der Waals surface area contributed by atoms with E-state index in [-0.39, 0.29) is 18.0 Å². The number of hydrogen-bond acceptors (Lipinski definition) is 1. The highest BCUT2D eigenvalue weighted by atomic mass is 79.9. The molecule has 1 unspecified atom stereocenters. The van der Waals surface area contributed by atoms with E-state index < -0.39 is 10.2 Å². The Balaban J connectivity index is 2.89. The molecule has 0 saturated carbocycles. The molecule has 0 aromatic heterocycles. The minimum atomic E-state index is -0.452. The van der Waals surface area contributed by atoms with Crippen molar-refractivity contribution in [1.82, 2.24) is 0 Å². The quantitative estimate of drug-likeness (QED) is 0.754. The molecule has 0 aliphatic rings. The van der Waals surface area contributed by atoms with Gasteiger partial charge in [-0.25, -0.2) is 4.39 Å². The molecule has 0 fully saturated rings. The molecule has 0 N–H and O–H groups in total. The summed E-state index contributed by atoms with van der Waals surface area (Å²) in [7, 11) is 0. The SMILES string of the molecule is CC(C)(C)C(=O)C(Br)Cc1c(F)cccc1Cl. The molecule has 17 heavy (non-hydrogen) atoms. The topological polar surface area (TPSA) is 17.1 Å². The predicted octanol–water partition coefficient (Wildman–Crippen LogP) is 4.40. The summed E-state index contributed by atoms with van der Waals surface area (Å²) in [5.41, 5.74) is -0.0695. The third-order valence-corrected chi connectivity index (χ3v) is 3.56. The Bertz CT molecular complexity index is 406. The van der Waals surface area contributed by atoms with Crippen molar-refractivity contribution in [3.63, 3.8) is 0 Å². The number of rotatable bonds is 3. The molecule has 0 saturated heterocycles. The lowest BCUT2D eigenvalue weighted by Crippen LogP contribution is -2.30. The normalized spacial score (nSPS) is 13.5. The van der Waals surface area contributed by atoms with Gasteiger partial charge >= 0.3 is 0 Å². The fraction of sp³-hybridized carbons (Fsp3) is 0.462. The summed E-state index contributed by atoms with van der Waals surface area (Å²) >= 11 is 9.23. The van der Waals surface area contributed by atoms with Gasteiger partial charge in [-0.05, 0) is 18.6 Å². The van der Waals surface area contributed by atoms with E-state index in [0.717, 1.165) is 0 Å². The Morgan fingerprint density at radius 2 is 2.06 bits per heavy atom. The first-order valence-electron chi connectivity index (χ1n) is 5.34. The van der Waals surface area contributed by atoms with E-state index in [1.807, 2.05) is 20.8 Å². The van der Waals surface area contributed by atoms with Crippen molar-refractivity contribution >= 4 is 33.3 Å². The Hall–Kier alpha value is -0.410. The van der Waals surface area contributed by atoms with Crippen LogP contribution in [0, 0.1) is 11.2 Å². The van der Waals surface area contributed by atoms with E-state index >= 15 is 0 Å². The van der Waals surface area contributed by atoms with Crippen LogP contribution in [0.25, 0.3) is 0 Å². The number of alkyl halides is 1. The van der Waals surface area contributed by atoms with Crippen molar-refractivity contribution in [2.24, 2.45) is 5.41 Å². The molecule has 0 amide bonds. The molecule has 0 bridgehead atoms. The number of ketones is 1. The smallest absolute Gasteiger partial charge is 0.152 e. The molecule has 1 aromatic carbocycles. The fourth-order valence-corrected chi connectivity index (χ4v) is 2.72. The number of benzene rings is 1. The van der Waals surface area contributed by atoms with Gasteiger partial charge in [-0.1, -0.05) is 54.4 Å². The Morgan fingerprint density at radius 1 is 1.47 bits per heavy atom. The minimum absolute atomic E-state index is 0.0387. The second-order valence-electron chi connectivity index (χ2n) is 4.99. The number of halogens is 3. The summed E-state index contributed by atoms with van der Waals surface area (Å²) in [6, 6.07) is 4.53. The van der Waals surface area contributed by atoms with Gasteiger partial charge in [0.05, 0.1) is 4.83 Å². The molecule has 1 rings (SSSR count). The predicted molar refractivity (Wildman–Crippen MR) is 72.3 cm³/mol. The van der Waals surface area contributed by atoms with Crippen LogP contribution in [0.4, 0.5) is 4.39 Å². The molecular weight excluding hydrogens is 306 g/mol. The number of carbonyl (C=O) groups excluding carboxylic acids is 1. The van der Waals surface area contributed by atoms with Crippen LogP contribution in [0.5, 0.6) is 0 Å². The third-order valence-electron chi connectivity index (χ3n) is 2.47. The van der Waals surface area contributed by atoms with Crippen LogP contribution >= 0.6 is 27.5 Å². The molecule has 1 aromatic rings. The highest BCUT2D eigenvalue weighted by Crippen LogP contribution is 2.27. The minimum Gasteiger partial charge on any atom is -0.298 e. The molecule has 0 radical (unpaired) electrons. The summed E-state index contributed by atoms with van der Waals surface area (Å²) < 4.78 is 13.6. The summed E-state index contributed by atoms with van der Waals surface area (Å²) in [6.45, 7) is 5.52. The maximum atomic E-state index is 13.6.